The minimum absolute atomic E-state index is 0.0648. The van der Waals surface area contributed by atoms with Gasteiger partial charge in [-0.05, 0) is 67.9 Å². The highest BCUT2D eigenvalue weighted by Gasteiger charge is 2.34. The summed E-state index contributed by atoms with van der Waals surface area (Å²) in [6.45, 7) is 1.24. The first kappa shape index (κ1) is 19.3. The second kappa shape index (κ2) is 7.54. The lowest BCUT2D eigenvalue weighted by Crippen LogP contribution is -2.41. The molecule has 7 heteroatoms. The molecular formula is C23H25N3O3S. The Morgan fingerprint density at radius 2 is 1.77 bits per heavy atom. The average molecular weight is 424 g/mol. The Balaban J connectivity index is 1.27. The van der Waals surface area contributed by atoms with Crippen molar-refractivity contribution >= 4 is 27.5 Å². The number of anilines is 1. The Bertz CT molecular complexity index is 1130. The molecule has 0 atom stereocenters. The molecule has 2 aromatic carbocycles. The molecule has 2 heterocycles. The fourth-order valence-electron chi connectivity index (χ4n) is 4.80. The number of fused-ring (bicyclic) bond motifs is 2. The van der Waals surface area contributed by atoms with Gasteiger partial charge >= 0.3 is 0 Å². The molecule has 1 amide bonds. The Morgan fingerprint density at radius 3 is 2.60 bits per heavy atom. The molecule has 6 nitrogen and oxygen atoms in total. The summed E-state index contributed by atoms with van der Waals surface area (Å²) < 4.78 is 28.7. The van der Waals surface area contributed by atoms with Crippen molar-refractivity contribution in [2.45, 2.75) is 43.4 Å². The molecule has 3 aliphatic rings. The molecule has 0 unspecified atom stereocenters. The predicted molar refractivity (Wildman–Crippen MR) is 116 cm³/mol. The van der Waals surface area contributed by atoms with E-state index in [0.717, 1.165) is 18.5 Å². The molecular weight excluding hydrogens is 398 g/mol. The van der Waals surface area contributed by atoms with Crippen LogP contribution in [0.25, 0.3) is 0 Å². The molecule has 156 valence electrons. The smallest absolute Gasteiger partial charge is 0.285 e. The van der Waals surface area contributed by atoms with E-state index in [9.17, 15) is 13.2 Å². The molecule has 1 fully saturated rings. The number of nitrogens with zero attached hydrogens (tertiary/aromatic N) is 2. The summed E-state index contributed by atoms with van der Waals surface area (Å²) >= 11 is 0. The molecule has 1 N–H and O–H groups in total. The number of aryl methyl sites for hydroxylation is 1. The van der Waals surface area contributed by atoms with Crippen LogP contribution >= 0.6 is 0 Å². The van der Waals surface area contributed by atoms with Gasteiger partial charge in [0.2, 0.25) is 5.91 Å². The largest absolute Gasteiger partial charge is 0.355 e. The van der Waals surface area contributed by atoms with E-state index < -0.39 is 10.0 Å². The Morgan fingerprint density at radius 1 is 1.00 bits per heavy atom. The fraction of sp³-hybridized carbons (Fsp3) is 0.391. The number of nitrogens with one attached hydrogen (secondary N) is 1. The van der Waals surface area contributed by atoms with Gasteiger partial charge in [-0.25, -0.2) is 0 Å². The van der Waals surface area contributed by atoms with Gasteiger partial charge in [0.05, 0.1) is 0 Å². The predicted octanol–water partition coefficient (Wildman–Crippen LogP) is 3.37. The van der Waals surface area contributed by atoms with Crippen LogP contribution in [-0.4, -0.2) is 38.2 Å². The monoisotopic (exact) mass is 423 g/mol. The summed E-state index contributed by atoms with van der Waals surface area (Å²) in [5.41, 5.74) is 4.26. The summed E-state index contributed by atoms with van der Waals surface area (Å²) in [6.07, 6.45) is 5.86. The van der Waals surface area contributed by atoms with E-state index in [1.807, 2.05) is 23.1 Å². The molecule has 30 heavy (non-hydrogen) atoms. The van der Waals surface area contributed by atoms with Gasteiger partial charge in [-0.3, -0.25) is 4.79 Å². The maximum atomic E-state index is 12.9. The van der Waals surface area contributed by atoms with Gasteiger partial charge in [0.25, 0.3) is 10.0 Å². The molecule has 0 spiro atoms. The lowest BCUT2D eigenvalue weighted by Gasteiger charge is -2.33. The number of sulfonamides is 1. The third-order valence-electron chi connectivity index (χ3n) is 6.43. The van der Waals surface area contributed by atoms with Crippen molar-refractivity contribution in [3.63, 3.8) is 0 Å². The van der Waals surface area contributed by atoms with E-state index in [1.54, 1.807) is 18.2 Å². The minimum atomic E-state index is -3.62. The molecule has 5 rings (SSSR count). The number of benzene rings is 2. The fourth-order valence-corrected chi connectivity index (χ4v) is 6.03. The highest BCUT2D eigenvalue weighted by atomic mass is 32.2. The van der Waals surface area contributed by atoms with E-state index in [1.165, 1.54) is 24.0 Å². The van der Waals surface area contributed by atoms with E-state index in [2.05, 4.69) is 15.8 Å². The van der Waals surface area contributed by atoms with E-state index in [4.69, 9.17) is 0 Å². The highest BCUT2D eigenvalue weighted by molar-refractivity contribution is 7.90. The van der Waals surface area contributed by atoms with Crippen LogP contribution < -0.4 is 5.32 Å². The average Bonchev–Trinajstić information content (AvgIpc) is 3.05. The number of amides is 1. The first-order chi connectivity index (χ1) is 14.5. The second-order valence-corrected chi connectivity index (χ2v) is 9.86. The van der Waals surface area contributed by atoms with Gasteiger partial charge in [0, 0.05) is 30.3 Å². The summed E-state index contributed by atoms with van der Waals surface area (Å²) in [5.74, 6) is 0.506. The van der Waals surface area contributed by atoms with Gasteiger partial charge < -0.3 is 10.2 Å². The van der Waals surface area contributed by atoms with E-state index in [-0.39, 0.29) is 16.7 Å². The van der Waals surface area contributed by atoms with Gasteiger partial charge in [0.1, 0.15) is 4.90 Å². The van der Waals surface area contributed by atoms with Crippen LogP contribution in [0.4, 0.5) is 5.69 Å². The minimum Gasteiger partial charge on any atom is -0.355 e. The van der Waals surface area contributed by atoms with Crippen LogP contribution in [0.5, 0.6) is 0 Å². The number of likely N-dealkylation sites (tertiary alicyclic amines) is 1. The van der Waals surface area contributed by atoms with E-state index in [0.29, 0.717) is 37.3 Å². The lowest BCUT2D eigenvalue weighted by molar-refractivity contribution is -0.121. The van der Waals surface area contributed by atoms with Crippen molar-refractivity contribution in [1.29, 1.82) is 0 Å². The van der Waals surface area contributed by atoms with Crippen molar-refractivity contribution in [3.05, 3.63) is 59.2 Å². The molecule has 0 bridgehead atoms. The highest BCUT2D eigenvalue weighted by Crippen LogP contribution is 2.31. The van der Waals surface area contributed by atoms with Crippen LogP contribution in [0.15, 0.2) is 51.8 Å². The van der Waals surface area contributed by atoms with Crippen LogP contribution in [0.1, 0.15) is 42.4 Å². The molecule has 0 aromatic heterocycles. The first-order valence-corrected chi connectivity index (χ1v) is 12.1. The Kier molecular flexibility index (Phi) is 4.85. The standard InChI is InChI=1S/C23H25N3O3S/c27-23(24-20-10-5-7-16-6-1-2-8-18(16)20)17-12-14-26(15-13-17)22-19-9-3-4-11-21(19)30(28,29)25-22/h3-5,7,9-11,17H,1-2,6,8,12-15H2,(H,24,27). The quantitative estimate of drug-likeness (QED) is 0.803. The summed E-state index contributed by atoms with van der Waals surface area (Å²) in [7, 11) is -3.62. The number of hydrogen-bond acceptors (Lipinski definition) is 4. The molecule has 1 saturated heterocycles. The zero-order valence-corrected chi connectivity index (χ0v) is 17.6. The molecule has 0 saturated carbocycles. The van der Waals surface area contributed by atoms with Crippen LogP contribution in [-0.2, 0) is 27.7 Å². The van der Waals surface area contributed by atoms with Crippen molar-refractivity contribution in [3.8, 4) is 0 Å². The SMILES string of the molecule is O=C(Nc1cccc2c1CCCC2)C1CCN(C2=NS(=O)(=O)c3ccccc32)CC1. The van der Waals surface area contributed by atoms with Crippen LogP contribution in [0.2, 0.25) is 0 Å². The number of hydrogen-bond donors (Lipinski definition) is 1. The zero-order chi connectivity index (χ0) is 20.7. The number of carbonyl (C=O) groups is 1. The van der Waals surface area contributed by atoms with Crippen LogP contribution in [0.3, 0.4) is 0 Å². The van der Waals surface area contributed by atoms with E-state index >= 15 is 0 Å². The second-order valence-electron chi connectivity index (χ2n) is 8.29. The van der Waals surface area contributed by atoms with Crippen molar-refractivity contribution in [1.82, 2.24) is 4.90 Å². The zero-order valence-electron chi connectivity index (χ0n) is 16.8. The normalized spacial score (nSPS) is 20.3. The summed E-state index contributed by atoms with van der Waals surface area (Å²) in [6, 6.07) is 13.1. The van der Waals surface area contributed by atoms with Crippen LogP contribution in [0, 0.1) is 5.92 Å². The maximum Gasteiger partial charge on any atom is 0.285 e. The maximum absolute atomic E-state index is 12.9. The third-order valence-corrected chi connectivity index (χ3v) is 7.76. The Hall–Kier alpha value is -2.67. The van der Waals surface area contributed by atoms with Crippen molar-refractivity contribution < 1.29 is 13.2 Å². The first-order valence-electron chi connectivity index (χ1n) is 10.6. The topological polar surface area (TPSA) is 78.8 Å². The molecule has 1 aliphatic carbocycles. The number of amidine groups is 1. The van der Waals surface area contributed by atoms with Crippen molar-refractivity contribution in [2.75, 3.05) is 18.4 Å². The summed E-state index contributed by atoms with van der Waals surface area (Å²) in [5, 5.41) is 3.17. The van der Waals surface area contributed by atoms with Gasteiger partial charge in [-0.2, -0.15) is 8.42 Å². The number of carbonyl (C=O) groups excluding carboxylic acids is 1. The number of rotatable bonds is 2. The van der Waals surface area contributed by atoms with Gasteiger partial charge in [-0.15, -0.1) is 4.40 Å². The molecule has 2 aliphatic heterocycles. The lowest BCUT2D eigenvalue weighted by atomic mass is 9.90. The van der Waals surface area contributed by atoms with Gasteiger partial charge in [0.15, 0.2) is 5.84 Å². The van der Waals surface area contributed by atoms with Crippen molar-refractivity contribution in [2.24, 2.45) is 10.3 Å². The third kappa shape index (κ3) is 3.41. The Labute approximate surface area is 177 Å². The van der Waals surface area contributed by atoms with Gasteiger partial charge in [-0.1, -0.05) is 24.3 Å². The molecule has 0 radical (unpaired) electrons. The number of piperidine rings is 1. The summed E-state index contributed by atoms with van der Waals surface area (Å²) in [4.78, 5) is 15.2. The molecule has 2 aromatic rings.